The lowest BCUT2D eigenvalue weighted by atomic mass is 10.1. The van der Waals surface area contributed by atoms with Crippen molar-refractivity contribution in [3.63, 3.8) is 0 Å². The van der Waals surface area contributed by atoms with E-state index in [4.69, 9.17) is 9.47 Å². The highest BCUT2D eigenvalue weighted by atomic mass is 16.5. The van der Waals surface area contributed by atoms with Gasteiger partial charge in [-0.3, -0.25) is 4.79 Å². The Morgan fingerprint density at radius 2 is 1.90 bits per heavy atom. The molecule has 21 heavy (non-hydrogen) atoms. The minimum absolute atomic E-state index is 0.0355. The average molecular weight is 283 g/mol. The van der Waals surface area contributed by atoms with Crippen molar-refractivity contribution in [2.75, 3.05) is 18.5 Å². The molecular weight excluding hydrogens is 266 g/mol. The van der Waals surface area contributed by atoms with Gasteiger partial charge in [-0.2, -0.15) is 0 Å². The zero-order chi connectivity index (χ0) is 14.5. The van der Waals surface area contributed by atoms with E-state index >= 15 is 0 Å². The first kappa shape index (κ1) is 13.6. The molecule has 1 amide bonds. The van der Waals surface area contributed by atoms with E-state index in [1.807, 2.05) is 48.5 Å². The van der Waals surface area contributed by atoms with Gasteiger partial charge in [-0.15, -0.1) is 0 Å². The van der Waals surface area contributed by atoms with Gasteiger partial charge < -0.3 is 14.8 Å². The van der Waals surface area contributed by atoms with E-state index in [0.29, 0.717) is 26.2 Å². The van der Waals surface area contributed by atoms with Crippen LogP contribution in [0.3, 0.4) is 0 Å². The summed E-state index contributed by atoms with van der Waals surface area (Å²) < 4.78 is 11.2. The van der Waals surface area contributed by atoms with E-state index in [1.54, 1.807) is 0 Å². The summed E-state index contributed by atoms with van der Waals surface area (Å²) in [6.07, 6.45) is 0.428. The molecule has 4 heteroatoms. The van der Waals surface area contributed by atoms with Gasteiger partial charge in [-0.1, -0.05) is 30.3 Å². The summed E-state index contributed by atoms with van der Waals surface area (Å²) in [6.45, 7) is 1.61. The van der Waals surface area contributed by atoms with Crippen LogP contribution in [0.5, 0.6) is 5.75 Å². The van der Waals surface area contributed by atoms with E-state index in [0.717, 1.165) is 22.6 Å². The van der Waals surface area contributed by atoms with Crippen molar-refractivity contribution in [2.45, 2.75) is 13.0 Å². The smallest absolute Gasteiger partial charge is 0.228 e. The Morgan fingerprint density at radius 1 is 1.05 bits per heavy atom. The first-order chi connectivity index (χ1) is 10.3. The third-order valence-corrected chi connectivity index (χ3v) is 3.31. The number of carbonyl (C=O) groups excluding carboxylic acids is 1. The molecule has 108 valence electrons. The van der Waals surface area contributed by atoms with Crippen LogP contribution >= 0.6 is 0 Å². The van der Waals surface area contributed by atoms with E-state index < -0.39 is 0 Å². The lowest BCUT2D eigenvalue weighted by molar-refractivity contribution is -0.115. The van der Waals surface area contributed by atoms with Crippen molar-refractivity contribution >= 4 is 11.6 Å². The number of benzene rings is 2. The van der Waals surface area contributed by atoms with Crippen LogP contribution in [-0.2, 0) is 22.6 Å². The lowest BCUT2D eigenvalue weighted by Crippen LogP contribution is -2.06. The normalized spacial score (nSPS) is 12.9. The fourth-order valence-corrected chi connectivity index (χ4v) is 2.28. The molecule has 1 aliphatic rings. The monoisotopic (exact) mass is 283 g/mol. The van der Waals surface area contributed by atoms with Gasteiger partial charge in [-0.05, 0) is 29.3 Å². The Balaban J connectivity index is 1.42. The molecule has 0 aliphatic carbocycles. The predicted octanol–water partition coefficient (Wildman–Crippen LogP) is 2.78. The average Bonchev–Trinajstić information content (AvgIpc) is 2.87. The summed E-state index contributed by atoms with van der Waals surface area (Å²) in [6, 6.07) is 15.7. The Labute approximate surface area is 123 Å². The van der Waals surface area contributed by atoms with Crippen LogP contribution in [0.15, 0.2) is 48.5 Å². The topological polar surface area (TPSA) is 47.6 Å². The third-order valence-electron chi connectivity index (χ3n) is 3.31. The SMILES string of the molecule is O=C1Cc2cc(OCCOCc3ccccc3)ccc2N1. The van der Waals surface area contributed by atoms with E-state index in [9.17, 15) is 4.79 Å². The first-order valence-corrected chi connectivity index (χ1v) is 6.98. The van der Waals surface area contributed by atoms with Crippen LogP contribution in [0, 0.1) is 0 Å². The van der Waals surface area contributed by atoms with Crippen molar-refractivity contribution in [2.24, 2.45) is 0 Å². The van der Waals surface area contributed by atoms with Crippen molar-refractivity contribution in [3.05, 3.63) is 59.7 Å². The molecule has 3 rings (SSSR count). The number of hydrogen-bond donors (Lipinski definition) is 1. The molecule has 0 atom stereocenters. The van der Waals surface area contributed by atoms with Gasteiger partial charge in [-0.25, -0.2) is 0 Å². The maximum absolute atomic E-state index is 11.3. The van der Waals surface area contributed by atoms with Gasteiger partial charge in [0.1, 0.15) is 12.4 Å². The Bertz CT molecular complexity index is 625. The number of rotatable bonds is 6. The standard InChI is InChI=1S/C17H17NO3/c19-17-11-14-10-15(6-7-16(14)18-17)21-9-8-20-12-13-4-2-1-3-5-13/h1-7,10H,8-9,11-12H2,(H,18,19). The number of hydrogen-bond acceptors (Lipinski definition) is 3. The molecule has 0 saturated heterocycles. The maximum Gasteiger partial charge on any atom is 0.228 e. The van der Waals surface area contributed by atoms with Crippen molar-refractivity contribution < 1.29 is 14.3 Å². The van der Waals surface area contributed by atoms with Crippen LogP contribution in [-0.4, -0.2) is 19.1 Å². The second-order valence-electron chi connectivity index (χ2n) is 4.93. The van der Waals surface area contributed by atoms with Gasteiger partial charge in [0.2, 0.25) is 5.91 Å². The summed E-state index contributed by atoms with van der Waals surface area (Å²) in [5.74, 6) is 0.807. The summed E-state index contributed by atoms with van der Waals surface area (Å²) in [5, 5.41) is 2.80. The molecule has 0 saturated carbocycles. The van der Waals surface area contributed by atoms with E-state index in [-0.39, 0.29) is 5.91 Å². The second kappa shape index (κ2) is 6.41. The fourth-order valence-electron chi connectivity index (χ4n) is 2.28. The van der Waals surface area contributed by atoms with Gasteiger partial charge in [0, 0.05) is 5.69 Å². The Kier molecular flexibility index (Phi) is 4.17. The molecule has 0 unspecified atom stereocenters. The molecule has 2 aromatic carbocycles. The minimum atomic E-state index is 0.0355. The van der Waals surface area contributed by atoms with Crippen LogP contribution in [0.2, 0.25) is 0 Å². The molecule has 1 heterocycles. The molecule has 0 radical (unpaired) electrons. The largest absolute Gasteiger partial charge is 0.491 e. The second-order valence-corrected chi connectivity index (χ2v) is 4.93. The predicted molar refractivity (Wildman–Crippen MR) is 80.4 cm³/mol. The molecule has 4 nitrogen and oxygen atoms in total. The molecule has 0 fully saturated rings. The number of ether oxygens (including phenoxy) is 2. The molecule has 1 N–H and O–H groups in total. The number of carbonyl (C=O) groups is 1. The van der Waals surface area contributed by atoms with Gasteiger partial charge in [0.05, 0.1) is 19.6 Å². The quantitative estimate of drug-likeness (QED) is 0.829. The Morgan fingerprint density at radius 3 is 2.76 bits per heavy atom. The first-order valence-electron chi connectivity index (χ1n) is 6.98. The summed E-state index contributed by atoms with van der Waals surface area (Å²) >= 11 is 0. The highest BCUT2D eigenvalue weighted by molar-refractivity contribution is 5.99. The highest BCUT2D eigenvalue weighted by Crippen LogP contribution is 2.27. The lowest BCUT2D eigenvalue weighted by Gasteiger charge is -2.08. The van der Waals surface area contributed by atoms with E-state index in [2.05, 4.69) is 5.32 Å². The van der Waals surface area contributed by atoms with Crippen molar-refractivity contribution in [3.8, 4) is 5.75 Å². The number of fused-ring (bicyclic) bond motifs is 1. The molecule has 0 bridgehead atoms. The summed E-state index contributed by atoms with van der Waals surface area (Å²) in [5.41, 5.74) is 3.02. The fraction of sp³-hybridized carbons (Fsp3) is 0.235. The molecular formula is C17H17NO3. The number of amides is 1. The van der Waals surface area contributed by atoms with Crippen LogP contribution < -0.4 is 10.1 Å². The highest BCUT2D eigenvalue weighted by Gasteiger charge is 2.17. The molecule has 2 aromatic rings. The van der Waals surface area contributed by atoms with Gasteiger partial charge >= 0.3 is 0 Å². The number of nitrogens with one attached hydrogen (secondary N) is 1. The van der Waals surface area contributed by atoms with E-state index in [1.165, 1.54) is 0 Å². The molecule has 0 aromatic heterocycles. The van der Waals surface area contributed by atoms with Crippen LogP contribution in [0.25, 0.3) is 0 Å². The Hall–Kier alpha value is -2.33. The summed E-state index contributed by atoms with van der Waals surface area (Å²) in [4.78, 5) is 11.3. The van der Waals surface area contributed by atoms with Gasteiger partial charge in [0.25, 0.3) is 0 Å². The zero-order valence-corrected chi connectivity index (χ0v) is 11.7. The van der Waals surface area contributed by atoms with Crippen LogP contribution in [0.1, 0.15) is 11.1 Å². The van der Waals surface area contributed by atoms with Crippen molar-refractivity contribution in [1.82, 2.24) is 0 Å². The zero-order valence-electron chi connectivity index (χ0n) is 11.7. The summed E-state index contributed by atoms with van der Waals surface area (Å²) in [7, 11) is 0. The minimum Gasteiger partial charge on any atom is -0.491 e. The molecule has 1 aliphatic heterocycles. The molecule has 0 spiro atoms. The maximum atomic E-state index is 11.3. The van der Waals surface area contributed by atoms with Gasteiger partial charge in [0.15, 0.2) is 0 Å². The van der Waals surface area contributed by atoms with Crippen molar-refractivity contribution in [1.29, 1.82) is 0 Å². The van der Waals surface area contributed by atoms with Crippen LogP contribution in [0.4, 0.5) is 5.69 Å². The number of anilines is 1. The third kappa shape index (κ3) is 3.61.